The lowest BCUT2D eigenvalue weighted by Gasteiger charge is -2.20. The van der Waals surface area contributed by atoms with E-state index < -0.39 is 0 Å². The summed E-state index contributed by atoms with van der Waals surface area (Å²) in [6.07, 6.45) is 2.38. The van der Waals surface area contributed by atoms with Gasteiger partial charge in [-0.05, 0) is 42.3 Å². The molecule has 0 radical (unpaired) electrons. The molecule has 0 amide bonds. The van der Waals surface area contributed by atoms with Gasteiger partial charge in [-0.15, -0.1) is 0 Å². The van der Waals surface area contributed by atoms with E-state index in [0.29, 0.717) is 12.2 Å². The van der Waals surface area contributed by atoms with Crippen LogP contribution in [0.2, 0.25) is 0 Å². The van der Waals surface area contributed by atoms with Crippen molar-refractivity contribution in [2.24, 2.45) is 0 Å². The third kappa shape index (κ3) is 3.55. The predicted octanol–water partition coefficient (Wildman–Crippen LogP) is 3.46. The number of halogens is 2. The second-order valence-electron chi connectivity index (χ2n) is 4.53. The van der Waals surface area contributed by atoms with E-state index in [4.69, 9.17) is 5.73 Å². The summed E-state index contributed by atoms with van der Waals surface area (Å²) in [5.41, 5.74) is 7.89. The minimum absolute atomic E-state index is 0.0569. The Kier molecular flexibility index (Phi) is 5.09. The monoisotopic (exact) mass is 337 g/mol. The molecule has 0 fully saturated rings. The first-order valence-electron chi connectivity index (χ1n) is 6.49. The zero-order valence-corrected chi connectivity index (χ0v) is 12.8. The van der Waals surface area contributed by atoms with Crippen molar-refractivity contribution in [1.82, 2.24) is 10.3 Å². The highest BCUT2D eigenvalue weighted by molar-refractivity contribution is 9.10. The van der Waals surface area contributed by atoms with Gasteiger partial charge in [0.1, 0.15) is 11.6 Å². The molecule has 2 aromatic rings. The van der Waals surface area contributed by atoms with Crippen molar-refractivity contribution in [2.45, 2.75) is 19.4 Å². The molecule has 0 spiro atoms. The number of nitrogens with zero attached hydrogens (tertiary/aromatic N) is 1. The molecule has 0 aliphatic carbocycles. The molecule has 0 aliphatic rings. The first-order valence-corrected chi connectivity index (χ1v) is 7.28. The van der Waals surface area contributed by atoms with E-state index in [1.165, 1.54) is 12.1 Å². The zero-order valence-electron chi connectivity index (χ0n) is 11.2. The fourth-order valence-corrected chi connectivity index (χ4v) is 2.79. The van der Waals surface area contributed by atoms with Gasteiger partial charge in [-0.3, -0.25) is 0 Å². The number of aromatic nitrogens is 1. The third-order valence-corrected chi connectivity index (χ3v) is 3.83. The van der Waals surface area contributed by atoms with E-state index in [1.54, 1.807) is 12.3 Å². The van der Waals surface area contributed by atoms with Crippen molar-refractivity contribution in [2.75, 3.05) is 12.3 Å². The number of hydrogen-bond donors (Lipinski definition) is 2. The molecule has 2 rings (SSSR count). The number of rotatable bonds is 5. The lowest BCUT2D eigenvalue weighted by Crippen LogP contribution is -2.24. The van der Waals surface area contributed by atoms with E-state index in [1.807, 2.05) is 19.1 Å². The second kappa shape index (κ2) is 6.81. The van der Waals surface area contributed by atoms with Gasteiger partial charge in [0.2, 0.25) is 0 Å². The molecule has 0 bridgehead atoms. The summed E-state index contributed by atoms with van der Waals surface area (Å²) in [4.78, 5) is 4.10. The van der Waals surface area contributed by atoms with Crippen molar-refractivity contribution >= 4 is 21.7 Å². The van der Waals surface area contributed by atoms with Gasteiger partial charge < -0.3 is 11.1 Å². The fourth-order valence-electron chi connectivity index (χ4n) is 2.17. The summed E-state index contributed by atoms with van der Waals surface area (Å²) < 4.78 is 14.0. The zero-order chi connectivity index (χ0) is 14.5. The predicted molar refractivity (Wildman–Crippen MR) is 82.9 cm³/mol. The van der Waals surface area contributed by atoms with Gasteiger partial charge in [-0.2, -0.15) is 0 Å². The minimum Gasteiger partial charge on any atom is -0.383 e. The van der Waals surface area contributed by atoms with Crippen LogP contribution in [0.25, 0.3) is 0 Å². The van der Waals surface area contributed by atoms with E-state index in [9.17, 15) is 4.39 Å². The third-order valence-electron chi connectivity index (χ3n) is 3.14. The van der Waals surface area contributed by atoms with Crippen LogP contribution in [0.3, 0.4) is 0 Å². The minimum atomic E-state index is -0.253. The summed E-state index contributed by atoms with van der Waals surface area (Å²) in [5, 5.41) is 3.40. The molecule has 1 unspecified atom stereocenters. The number of likely N-dealkylation sites (N-methyl/N-ethyl adjacent to an activating group) is 1. The highest BCUT2D eigenvalue weighted by atomic mass is 79.9. The molecule has 20 heavy (non-hydrogen) atoms. The molecule has 3 nitrogen and oxygen atoms in total. The molecule has 1 heterocycles. The number of nitrogen functional groups attached to an aromatic ring is 1. The van der Waals surface area contributed by atoms with Crippen LogP contribution < -0.4 is 11.1 Å². The summed E-state index contributed by atoms with van der Waals surface area (Å²) in [7, 11) is 0. The first-order chi connectivity index (χ1) is 9.61. The largest absolute Gasteiger partial charge is 0.383 e. The molecule has 5 heteroatoms. The van der Waals surface area contributed by atoms with Gasteiger partial charge >= 0.3 is 0 Å². The van der Waals surface area contributed by atoms with Crippen molar-refractivity contribution in [3.05, 3.63) is 57.9 Å². The lowest BCUT2D eigenvalue weighted by molar-refractivity contribution is 0.545. The van der Waals surface area contributed by atoms with Gasteiger partial charge in [0.05, 0.1) is 0 Å². The van der Waals surface area contributed by atoms with Crippen molar-refractivity contribution in [3.8, 4) is 0 Å². The number of benzene rings is 1. The van der Waals surface area contributed by atoms with Crippen molar-refractivity contribution in [1.29, 1.82) is 0 Å². The van der Waals surface area contributed by atoms with E-state index in [-0.39, 0.29) is 11.9 Å². The Bertz CT molecular complexity index is 589. The molecular weight excluding hydrogens is 321 g/mol. The summed E-state index contributed by atoms with van der Waals surface area (Å²) >= 11 is 3.42. The Balaban J connectivity index is 2.29. The second-order valence-corrected chi connectivity index (χ2v) is 5.38. The maximum Gasteiger partial charge on any atom is 0.126 e. The van der Waals surface area contributed by atoms with Gasteiger partial charge in [-0.25, -0.2) is 9.37 Å². The van der Waals surface area contributed by atoms with E-state index >= 15 is 0 Å². The number of hydrogen-bond acceptors (Lipinski definition) is 3. The Morgan fingerprint density at radius 2 is 2.20 bits per heavy atom. The van der Waals surface area contributed by atoms with Crippen LogP contribution in [0, 0.1) is 5.82 Å². The van der Waals surface area contributed by atoms with Crippen LogP contribution >= 0.6 is 15.9 Å². The molecule has 1 aromatic carbocycles. The number of anilines is 1. The van der Waals surface area contributed by atoms with Crippen LogP contribution in [0.15, 0.2) is 41.0 Å². The molecule has 1 atom stereocenters. The van der Waals surface area contributed by atoms with Gasteiger partial charge in [-0.1, -0.05) is 35.0 Å². The molecule has 0 saturated heterocycles. The highest BCUT2D eigenvalue weighted by Crippen LogP contribution is 2.28. The molecule has 3 N–H and O–H groups in total. The highest BCUT2D eigenvalue weighted by Gasteiger charge is 2.16. The van der Waals surface area contributed by atoms with Crippen LogP contribution in [0.4, 0.5) is 10.2 Å². The number of nitrogens with two attached hydrogens (primary N) is 1. The van der Waals surface area contributed by atoms with Crippen molar-refractivity contribution < 1.29 is 4.39 Å². The summed E-state index contributed by atoms with van der Waals surface area (Å²) in [6, 6.07) is 8.63. The van der Waals surface area contributed by atoms with Crippen LogP contribution in [-0.4, -0.2) is 11.5 Å². The SMILES string of the molecule is CCNC(Cc1cccnc1N)c1ccc(F)cc1Br. The lowest BCUT2D eigenvalue weighted by atomic mass is 9.99. The Hall–Kier alpha value is -1.46. The normalized spacial score (nSPS) is 12.3. The Morgan fingerprint density at radius 1 is 1.40 bits per heavy atom. The van der Waals surface area contributed by atoms with E-state index in [2.05, 4.69) is 26.2 Å². The molecule has 0 saturated carbocycles. The average Bonchev–Trinajstić information content (AvgIpc) is 2.41. The average molecular weight is 338 g/mol. The number of pyridine rings is 1. The summed E-state index contributed by atoms with van der Waals surface area (Å²) in [5.74, 6) is 0.283. The maximum absolute atomic E-state index is 13.2. The Morgan fingerprint density at radius 3 is 2.85 bits per heavy atom. The van der Waals surface area contributed by atoms with Gasteiger partial charge in [0.15, 0.2) is 0 Å². The van der Waals surface area contributed by atoms with Crippen LogP contribution in [0.1, 0.15) is 24.1 Å². The standard InChI is InChI=1S/C15H17BrFN3/c1-2-19-14(8-10-4-3-7-20-15(10)18)12-6-5-11(17)9-13(12)16/h3-7,9,14,19H,2,8H2,1H3,(H2,18,20). The van der Waals surface area contributed by atoms with Gasteiger partial charge in [0.25, 0.3) is 0 Å². The molecule has 106 valence electrons. The first kappa shape index (κ1) is 14.9. The molecule has 0 aliphatic heterocycles. The van der Waals surface area contributed by atoms with Gasteiger partial charge in [0, 0.05) is 16.7 Å². The topological polar surface area (TPSA) is 50.9 Å². The smallest absolute Gasteiger partial charge is 0.126 e. The number of nitrogens with one attached hydrogen (secondary N) is 1. The van der Waals surface area contributed by atoms with Crippen LogP contribution in [-0.2, 0) is 6.42 Å². The van der Waals surface area contributed by atoms with Crippen LogP contribution in [0.5, 0.6) is 0 Å². The van der Waals surface area contributed by atoms with Crippen molar-refractivity contribution in [3.63, 3.8) is 0 Å². The van der Waals surface area contributed by atoms with E-state index in [0.717, 1.165) is 22.1 Å². The molecular formula is C15H17BrFN3. The molecule has 1 aromatic heterocycles. The quantitative estimate of drug-likeness (QED) is 0.878. The summed E-state index contributed by atoms with van der Waals surface area (Å²) in [6.45, 7) is 2.85. The fraction of sp³-hybridized carbons (Fsp3) is 0.267. The maximum atomic E-state index is 13.2. The Labute approximate surface area is 126 Å².